The number of benzene rings is 2. The summed E-state index contributed by atoms with van der Waals surface area (Å²) in [5.74, 6) is 0.402. The van der Waals surface area contributed by atoms with Crippen LogP contribution in [-0.4, -0.2) is 15.5 Å². The molecule has 0 bridgehead atoms. The zero-order chi connectivity index (χ0) is 18.3. The molecule has 26 heavy (non-hydrogen) atoms. The van der Waals surface area contributed by atoms with Crippen molar-refractivity contribution in [3.05, 3.63) is 57.8 Å². The van der Waals surface area contributed by atoms with Gasteiger partial charge < -0.3 is 4.57 Å². The smallest absolute Gasteiger partial charge is 0.302 e. The number of hydrogen-bond donors (Lipinski definition) is 0. The van der Waals surface area contributed by atoms with Crippen LogP contribution in [0.15, 0.2) is 41.4 Å². The first-order valence-electron chi connectivity index (χ1n) is 7.43. The molecule has 2 aromatic heterocycles. The van der Waals surface area contributed by atoms with Crippen LogP contribution in [0.1, 0.15) is 9.80 Å². The molecule has 0 N–H and O–H groups in total. The van der Waals surface area contributed by atoms with Crippen LogP contribution in [0.5, 0.6) is 0 Å². The third-order valence-electron chi connectivity index (χ3n) is 3.62. The predicted molar refractivity (Wildman–Crippen MR) is 98.1 cm³/mol. The van der Waals surface area contributed by atoms with E-state index in [0.717, 1.165) is 22.1 Å². The van der Waals surface area contributed by atoms with E-state index in [9.17, 15) is 13.6 Å². The molecule has 128 valence electrons. The maximum atomic E-state index is 14.2. The van der Waals surface area contributed by atoms with E-state index in [1.165, 1.54) is 22.0 Å². The number of thiazole rings is 2. The van der Waals surface area contributed by atoms with Gasteiger partial charge in [0.25, 0.3) is 0 Å². The number of terminal acetylenes is 1. The normalized spacial score (nSPS) is 12.0. The molecule has 0 unspecified atom stereocenters. The van der Waals surface area contributed by atoms with Crippen molar-refractivity contribution in [3.63, 3.8) is 0 Å². The largest absolute Gasteiger partial charge is 0.308 e. The summed E-state index contributed by atoms with van der Waals surface area (Å²) in [4.78, 5) is 21.0. The minimum atomic E-state index is -0.750. The maximum absolute atomic E-state index is 14.2. The zero-order valence-corrected chi connectivity index (χ0v) is 14.7. The van der Waals surface area contributed by atoms with Crippen molar-refractivity contribution in [1.29, 1.82) is 0 Å². The molecular weight excluding hydrogens is 376 g/mol. The lowest BCUT2D eigenvalue weighted by Gasteiger charge is -2.00. The van der Waals surface area contributed by atoms with Crippen molar-refractivity contribution in [2.24, 2.45) is 4.99 Å². The Morgan fingerprint density at radius 1 is 1.23 bits per heavy atom. The molecule has 2 heterocycles. The highest BCUT2D eigenvalue weighted by Crippen LogP contribution is 2.24. The SMILES string of the molecule is C#CCn1c(=NC(=O)c2nc3ccccc3s2)sc2cc(F)cc(F)c21. The highest BCUT2D eigenvalue weighted by Gasteiger charge is 2.15. The molecule has 0 aliphatic carbocycles. The number of nitrogens with zero attached hydrogens (tertiary/aromatic N) is 3. The summed E-state index contributed by atoms with van der Waals surface area (Å²) >= 11 is 2.22. The van der Waals surface area contributed by atoms with Gasteiger partial charge in [0.05, 0.1) is 27.0 Å². The molecule has 4 rings (SSSR count). The Balaban J connectivity index is 1.89. The second kappa shape index (κ2) is 6.44. The molecule has 4 aromatic rings. The topological polar surface area (TPSA) is 47.2 Å². The number of aromatic nitrogens is 2. The van der Waals surface area contributed by atoms with Crippen molar-refractivity contribution in [3.8, 4) is 12.3 Å². The van der Waals surface area contributed by atoms with Crippen LogP contribution >= 0.6 is 22.7 Å². The molecule has 0 saturated heterocycles. The van der Waals surface area contributed by atoms with Gasteiger partial charge in [0, 0.05) is 6.07 Å². The lowest BCUT2D eigenvalue weighted by atomic mass is 10.3. The van der Waals surface area contributed by atoms with Gasteiger partial charge in [0.1, 0.15) is 5.82 Å². The number of halogens is 2. The number of para-hydroxylation sites is 1. The van der Waals surface area contributed by atoms with Crippen LogP contribution in [0, 0.1) is 24.0 Å². The van der Waals surface area contributed by atoms with Gasteiger partial charge in [0.15, 0.2) is 15.6 Å². The van der Waals surface area contributed by atoms with Crippen LogP contribution in [0.25, 0.3) is 20.4 Å². The molecule has 0 radical (unpaired) electrons. The van der Waals surface area contributed by atoms with Gasteiger partial charge >= 0.3 is 5.91 Å². The first kappa shape index (κ1) is 16.6. The van der Waals surface area contributed by atoms with Gasteiger partial charge in [-0.3, -0.25) is 4.79 Å². The van der Waals surface area contributed by atoms with E-state index < -0.39 is 17.5 Å². The Bertz CT molecular complexity index is 1240. The highest BCUT2D eigenvalue weighted by atomic mass is 32.1. The van der Waals surface area contributed by atoms with Gasteiger partial charge in [-0.2, -0.15) is 4.99 Å². The summed E-state index contributed by atoms with van der Waals surface area (Å²) in [6, 6.07) is 9.32. The Morgan fingerprint density at radius 2 is 2.04 bits per heavy atom. The van der Waals surface area contributed by atoms with Gasteiger partial charge in [-0.25, -0.2) is 13.8 Å². The minimum absolute atomic E-state index is 0.00844. The first-order chi connectivity index (χ1) is 12.6. The van der Waals surface area contributed by atoms with Crippen molar-refractivity contribution in [1.82, 2.24) is 9.55 Å². The fourth-order valence-electron chi connectivity index (χ4n) is 2.55. The lowest BCUT2D eigenvalue weighted by Crippen LogP contribution is -2.17. The van der Waals surface area contributed by atoms with E-state index >= 15 is 0 Å². The molecule has 0 atom stereocenters. The number of carbonyl (C=O) groups excluding carboxylic acids is 1. The molecule has 2 aromatic carbocycles. The van der Waals surface area contributed by atoms with E-state index in [-0.39, 0.29) is 21.9 Å². The van der Waals surface area contributed by atoms with Crippen molar-refractivity contribution >= 4 is 49.0 Å². The average molecular weight is 385 g/mol. The number of carbonyl (C=O) groups is 1. The first-order valence-corrected chi connectivity index (χ1v) is 9.06. The third-order valence-corrected chi connectivity index (χ3v) is 5.67. The van der Waals surface area contributed by atoms with Crippen LogP contribution in [0.4, 0.5) is 8.78 Å². The summed E-state index contributed by atoms with van der Waals surface area (Å²) in [6.07, 6.45) is 5.35. The van der Waals surface area contributed by atoms with Crippen LogP contribution in [-0.2, 0) is 6.54 Å². The molecule has 4 nitrogen and oxygen atoms in total. The Morgan fingerprint density at radius 3 is 2.81 bits per heavy atom. The monoisotopic (exact) mass is 385 g/mol. The van der Waals surface area contributed by atoms with Gasteiger partial charge in [-0.05, 0) is 18.2 Å². The van der Waals surface area contributed by atoms with Crippen molar-refractivity contribution in [2.75, 3.05) is 0 Å². The highest BCUT2D eigenvalue weighted by molar-refractivity contribution is 7.20. The number of fused-ring (bicyclic) bond motifs is 2. The molecule has 0 saturated carbocycles. The summed E-state index contributed by atoms with van der Waals surface area (Å²) in [7, 11) is 0. The Kier molecular flexibility index (Phi) is 4.11. The molecule has 0 aliphatic heterocycles. The van der Waals surface area contributed by atoms with Crippen LogP contribution in [0.3, 0.4) is 0 Å². The maximum Gasteiger partial charge on any atom is 0.308 e. The van der Waals surface area contributed by atoms with E-state index in [1.807, 2.05) is 18.2 Å². The van der Waals surface area contributed by atoms with Crippen molar-refractivity contribution in [2.45, 2.75) is 6.54 Å². The summed E-state index contributed by atoms with van der Waals surface area (Å²) in [5, 5.41) is 0.225. The molecule has 0 spiro atoms. The molecule has 1 amide bonds. The minimum Gasteiger partial charge on any atom is -0.302 e. The number of amides is 1. The van der Waals surface area contributed by atoms with Crippen LogP contribution in [0.2, 0.25) is 0 Å². The fourth-order valence-corrected chi connectivity index (χ4v) is 4.47. The lowest BCUT2D eigenvalue weighted by molar-refractivity contribution is 0.0997. The second-order valence-corrected chi connectivity index (χ2v) is 7.35. The zero-order valence-electron chi connectivity index (χ0n) is 13.1. The van der Waals surface area contributed by atoms with E-state index in [2.05, 4.69) is 15.9 Å². The predicted octanol–water partition coefficient (Wildman–Crippen LogP) is 3.97. The quantitative estimate of drug-likeness (QED) is 0.490. The van der Waals surface area contributed by atoms with Crippen LogP contribution < -0.4 is 4.80 Å². The second-order valence-electron chi connectivity index (χ2n) is 5.31. The van der Waals surface area contributed by atoms with E-state index in [1.54, 1.807) is 6.07 Å². The summed E-state index contributed by atoms with van der Waals surface area (Å²) in [5.41, 5.74) is 0.835. The molecular formula is C18H9F2N3OS2. The Hall–Kier alpha value is -2.89. The average Bonchev–Trinajstić information content (AvgIpc) is 3.17. The van der Waals surface area contributed by atoms with Gasteiger partial charge in [-0.1, -0.05) is 29.4 Å². The fraction of sp³-hybridized carbons (Fsp3) is 0.0556. The van der Waals surface area contributed by atoms with Gasteiger partial charge in [-0.15, -0.1) is 17.8 Å². The molecule has 0 fully saturated rings. The van der Waals surface area contributed by atoms with E-state index in [0.29, 0.717) is 10.2 Å². The van der Waals surface area contributed by atoms with E-state index in [4.69, 9.17) is 6.42 Å². The number of hydrogen-bond acceptors (Lipinski definition) is 4. The Labute approximate surface area is 154 Å². The summed E-state index contributed by atoms with van der Waals surface area (Å²) in [6.45, 7) is 0.00844. The number of rotatable bonds is 2. The molecule has 0 aliphatic rings. The molecule has 8 heteroatoms. The van der Waals surface area contributed by atoms with Gasteiger partial charge in [0.2, 0.25) is 0 Å². The standard InChI is InChI=1S/C18H9F2N3OS2/c1-2-7-23-15-11(20)8-10(19)9-14(15)26-18(23)22-16(24)17-21-12-5-3-4-6-13(12)25-17/h1,3-6,8-9H,7H2. The third kappa shape index (κ3) is 2.81. The summed E-state index contributed by atoms with van der Waals surface area (Å²) < 4.78 is 30.2. The van der Waals surface area contributed by atoms with Crippen molar-refractivity contribution < 1.29 is 13.6 Å².